The quantitative estimate of drug-likeness (QED) is 0.0240. The van der Waals surface area contributed by atoms with E-state index in [1.165, 1.54) is 49.3 Å². The van der Waals surface area contributed by atoms with Crippen molar-refractivity contribution in [1.82, 2.24) is 93.5 Å². The fourth-order valence-corrected chi connectivity index (χ4v) is 14.4. The standard InChI is InChI=1S/C89H118ClN19O13/c1-58(2)96-44-18-12-31-72(88(121)108(5)78(32-13-19-47-99-80(113)66-26-21-43-93-54-66)89(122)109-48-22-33-77(109)87(120)100-59(3)79(91)112)104-82(115)71(30-11-15-41-95-56-69-28-9-17-46-98-69)102-81(114)70(29-10-14-40-94-55-68-27-8-16-45-97-68)103-86(119)76(57-110)107-85(118)75(52-63-23-20-42-92-53-63)106-84(117)74(50-61-35-38-67(90)39-36-61)105-83(116)73(101-60(4)111)51-62-34-37-64-24-6-7-25-65(64)49-62/h6-9,16-17,20-21,23-28,34-39,42-43,45-46,49,53-54,58-59,70-78,94-96,110H,10-15,18-19,22,29-33,40-41,44,47-48,50-52,55-57H2,1-5H3,(H2,91,112)(H,99,113)(H,100,120)(H,101,111)(H,102,114)(H,103,119)(H,104,115)(H,105,116)(H,106,117)(H,107,118)/t59-,70+,71+,72+,73-,74-,75-,76+,77-,78+/m1/s1. The molecule has 0 spiro atoms. The Morgan fingerprint density at radius 3 is 1.57 bits per heavy atom. The maximum absolute atomic E-state index is 15.6. The average molecular weight is 1700 g/mol. The number of pyridine rings is 4. The molecule has 1 saturated heterocycles. The van der Waals surface area contributed by atoms with E-state index < -0.39 is 132 Å². The molecule has 0 radical (unpaired) electrons. The van der Waals surface area contributed by atoms with Gasteiger partial charge in [-0.2, -0.15) is 0 Å². The van der Waals surface area contributed by atoms with E-state index in [-0.39, 0.29) is 76.4 Å². The highest BCUT2D eigenvalue weighted by Gasteiger charge is 2.42. The highest BCUT2D eigenvalue weighted by atomic mass is 35.5. The van der Waals surface area contributed by atoms with E-state index >= 15 is 28.8 Å². The second kappa shape index (κ2) is 51.2. The lowest BCUT2D eigenvalue weighted by atomic mass is 9.99. The minimum Gasteiger partial charge on any atom is -0.394 e. The van der Waals surface area contributed by atoms with Crippen LogP contribution in [0.5, 0.6) is 0 Å². The van der Waals surface area contributed by atoms with Gasteiger partial charge in [0.05, 0.1) is 23.6 Å². The zero-order chi connectivity index (χ0) is 87.7. The van der Waals surface area contributed by atoms with E-state index in [9.17, 15) is 33.9 Å². The van der Waals surface area contributed by atoms with Gasteiger partial charge in [0, 0.05) is 108 Å². The van der Waals surface area contributed by atoms with Gasteiger partial charge in [-0.05, 0) is 199 Å². The summed E-state index contributed by atoms with van der Waals surface area (Å²) in [6.45, 7) is 8.35. The van der Waals surface area contributed by atoms with E-state index in [0.717, 1.165) is 27.7 Å². The number of aliphatic hydroxyl groups excluding tert-OH is 1. The summed E-state index contributed by atoms with van der Waals surface area (Å²) in [7, 11) is 1.45. The maximum Gasteiger partial charge on any atom is 0.252 e. The van der Waals surface area contributed by atoms with Crippen LogP contribution < -0.4 is 69.5 Å². The van der Waals surface area contributed by atoms with Crippen LogP contribution in [0.25, 0.3) is 10.8 Å². The number of nitrogens with two attached hydrogens (primary N) is 1. The molecule has 12 amide bonds. The number of likely N-dealkylation sites (N-methyl/N-ethyl adjacent to an activating group) is 1. The number of amides is 12. The van der Waals surface area contributed by atoms with Gasteiger partial charge < -0.3 is 84.4 Å². The number of carbonyl (C=O) groups excluding carboxylic acids is 12. The lowest BCUT2D eigenvalue weighted by Gasteiger charge is -2.35. The molecule has 33 heteroatoms. The molecule has 5 heterocycles. The van der Waals surface area contributed by atoms with Gasteiger partial charge in [0.15, 0.2) is 0 Å². The number of nitrogens with zero attached hydrogens (tertiary/aromatic N) is 6. The number of aromatic nitrogens is 4. The molecule has 8 rings (SSSR count). The van der Waals surface area contributed by atoms with Crippen LogP contribution in [0.4, 0.5) is 0 Å². The summed E-state index contributed by atoms with van der Waals surface area (Å²) in [4.78, 5) is 193. The second-order valence-corrected chi connectivity index (χ2v) is 31.4. The van der Waals surface area contributed by atoms with Crippen molar-refractivity contribution in [3.05, 3.63) is 203 Å². The summed E-state index contributed by atoms with van der Waals surface area (Å²) in [5.74, 6) is -8.61. The number of nitrogens with one attached hydrogen (secondary N) is 12. The third kappa shape index (κ3) is 32.4. The maximum atomic E-state index is 15.6. The van der Waals surface area contributed by atoms with Crippen molar-refractivity contribution in [2.75, 3.05) is 46.4 Å². The molecule has 654 valence electrons. The Hall–Kier alpha value is -11.7. The van der Waals surface area contributed by atoms with Crippen molar-refractivity contribution in [3.8, 4) is 0 Å². The molecule has 122 heavy (non-hydrogen) atoms. The van der Waals surface area contributed by atoms with Crippen LogP contribution in [0.1, 0.15) is 156 Å². The first kappa shape index (κ1) is 95.8. The van der Waals surface area contributed by atoms with Crippen LogP contribution in [0.15, 0.2) is 165 Å². The van der Waals surface area contributed by atoms with Crippen LogP contribution in [0.2, 0.25) is 5.02 Å². The first-order chi connectivity index (χ1) is 58.8. The van der Waals surface area contributed by atoms with E-state index in [4.69, 9.17) is 17.3 Å². The molecule has 0 saturated carbocycles. The molecule has 15 N–H and O–H groups in total. The Balaban J connectivity index is 1.06. The van der Waals surface area contributed by atoms with Gasteiger partial charge in [-0.25, -0.2) is 0 Å². The van der Waals surface area contributed by atoms with Crippen LogP contribution in [-0.4, -0.2) is 219 Å². The predicted octanol–water partition coefficient (Wildman–Crippen LogP) is 4.00. The van der Waals surface area contributed by atoms with E-state index in [1.807, 2.05) is 86.6 Å². The van der Waals surface area contributed by atoms with Gasteiger partial charge in [-0.3, -0.25) is 77.5 Å². The van der Waals surface area contributed by atoms with Crippen LogP contribution in [-0.2, 0) is 85.1 Å². The molecule has 4 aromatic heterocycles. The van der Waals surface area contributed by atoms with Gasteiger partial charge in [0.1, 0.15) is 60.4 Å². The number of rotatable bonds is 52. The summed E-state index contributed by atoms with van der Waals surface area (Å²) >= 11 is 6.30. The number of benzene rings is 3. The fourth-order valence-electron chi connectivity index (χ4n) is 14.2. The Kier molecular flexibility index (Phi) is 40.1. The number of unbranched alkanes of at least 4 members (excludes halogenated alkanes) is 4. The SMILES string of the molecule is CC(=O)N[C@H](Cc1ccc2ccccc2c1)C(=O)N[C@H](Cc1ccc(Cl)cc1)C(=O)N[C@H](Cc1cccnc1)C(=O)N[C@@H](CO)C(=O)N[C@@H](CCCCNCc1ccccn1)C(=O)N[C@@H](CCCCNCc1ccccn1)C(=O)N[C@@H](CCCCNC(C)C)C(=O)N(C)[C@@H](CCCCNC(=O)c1cccnc1)C(=O)N1CCC[C@@H]1C(=O)N[C@H](C)C(N)=O. The van der Waals surface area contributed by atoms with Crippen LogP contribution >= 0.6 is 11.6 Å². The van der Waals surface area contributed by atoms with E-state index in [2.05, 4.69) is 83.7 Å². The number of hydrogen-bond donors (Lipinski definition) is 14. The predicted molar refractivity (Wildman–Crippen MR) is 462 cm³/mol. The highest BCUT2D eigenvalue weighted by molar-refractivity contribution is 6.30. The van der Waals surface area contributed by atoms with Crippen molar-refractivity contribution in [2.45, 2.75) is 216 Å². The van der Waals surface area contributed by atoms with E-state index in [1.54, 1.807) is 73.2 Å². The molecule has 3 aromatic carbocycles. The van der Waals surface area contributed by atoms with Crippen LogP contribution in [0.3, 0.4) is 0 Å². The monoisotopic (exact) mass is 1700 g/mol. The van der Waals surface area contributed by atoms with Gasteiger partial charge >= 0.3 is 0 Å². The smallest absolute Gasteiger partial charge is 0.252 e. The normalized spacial score (nSPS) is 14.7. The minimum absolute atomic E-state index is 0.00598. The number of hydrogen-bond acceptors (Lipinski definition) is 20. The summed E-state index contributed by atoms with van der Waals surface area (Å²) in [5.41, 5.74) is 9.20. The van der Waals surface area contributed by atoms with Crippen molar-refractivity contribution >= 4 is 93.3 Å². The number of carbonyl (C=O) groups is 12. The van der Waals surface area contributed by atoms with Crippen molar-refractivity contribution < 1.29 is 62.6 Å². The third-order valence-electron chi connectivity index (χ3n) is 21.0. The summed E-state index contributed by atoms with van der Waals surface area (Å²) in [6, 6.07) is 24.3. The Labute approximate surface area is 717 Å². The van der Waals surface area contributed by atoms with Gasteiger partial charge in [0.25, 0.3) is 5.91 Å². The number of aliphatic hydroxyl groups is 1. The van der Waals surface area contributed by atoms with Crippen LogP contribution in [0, 0.1) is 0 Å². The molecule has 10 atom stereocenters. The van der Waals surface area contributed by atoms with Gasteiger partial charge in [-0.15, -0.1) is 0 Å². The molecule has 0 aliphatic carbocycles. The molecular formula is C89H118ClN19O13. The van der Waals surface area contributed by atoms with Crippen molar-refractivity contribution in [2.24, 2.45) is 5.73 Å². The molecular weight excluding hydrogens is 1580 g/mol. The fraction of sp³-hybridized carbons (Fsp3) is 0.461. The minimum atomic E-state index is -1.78. The summed E-state index contributed by atoms with van der Waals surface area (Å²) < 4.78 is 0. The van der Waals surface area contributed by atoms with Gasteiger partial charge in [-0.1, -0.05) is 98.2 Å². The lowest BCUT2D eigenvalue weighted by Crippen LogP contribution is -2.61. The first-order valence-electron chi connectivity index (χ1n) is 41.9. The Morgan fingerprint density at radius 2 is 1.01 bits per heavy atom. The molecule has 0 unspecified atom stereocenters. The third-order valence-corrected chi connectivity index (χ3v) is 21.2. The molecule has 1 fully saturated rings. The number of halogens is 1. The van der Waals surface area contributed by atoms with Gasteiger partial charge in [0.2, 0.25) is 65.0 Å². The molecule has 1 aliphatic heterocycles. The molecule has 0 bridgehead atoms. The Bertz CT molecular complexity index is 4530. The Morgan fingerprint density at radius 1 is 0.508 bits per heavy atom. The second-order valence-electron chi connectivity index (χ2n) is 31.0. The zero-order valence-electron chi connectivity index (χ0n) is 70.1. The highest BCUT2D eigenvalue weighted by Crippen LogP contribution is 2.25. The average Bonchev–Trinajstić information content (AvgIpc) is 1.63. The zero-order valence-corrected chi connectivity index (χ0v) is 70.9. The topological polar surface area (TPSA) is 453 Å². The summed E-state index contributed by atoms with van der Waals surface area (Å²) in [5, 5.41) is 48.6. The molecule has 7 aromatic rings. The van der Waals surface area contributed by atoms with Crippen molar-refractivity contribution in [3.63, 3.8) is 0 Å². The number of likely N-dealkylation sites (tertiary alicyclic amines) is 1. The summed E-state index contributed by atoms with van der Waals surface area (Å²) in [6.07, 6.45) is 13.0. The number of fused-ring (bicyclic) bond motifs is 1. The number of primary amides is 1. The molecule has 1 aliphatic rings. The largest absolute Gasteiger partial charge is 0.394 e. The first-order valence-corrected chi connectivity index (χ1v) is 42.3. The molecule has 32 nitrogen and oxygen atoms in total. The lowest BCUT2D eigenvalue weighted by molar-refractivity contribution is -0.149. The van der Waals surface area contributed by atoms with E-state index in [0.29, 0.717) is 112 Å². The van der Waals surface area contributed by atoms with Crippen molar-refractivity contribution in [1.29, 1.82) is 0 Å².